The van der Waals surface area contributed by atoms with Crippen LogP contribution in [0, 0.1) is 0 Å². The first-order valence-corrected chi connectivity index (χ1v) is 6.55. The smallest absolute Gasteiger partial charge is 0.133 e. The van der Waals surface area contributed by atoms with E-state index in [0.717, 1.165) is 10.8 Å². The molecule has 0 radical (unpaired) electrons. The number of aromatic nitrogens is 2. The van der Waals surface area contributed by atoms with E-state index in [1.807, 2.05) is 19.4 Å². The largest absolute Gasteiger partial charge is 0.393 e. The maximum atomic E-state index is 5.53. The highest BCUT2D eigenvalue weighted by molar-refractivity contribution is 7.98. The Morgan fingerprint density at radius 2 is 2.31 bits per heavy atom. The van der Waals surface area contributed by atoms with Crippen molar-refractivity contribution < 1.29 is 0 Å². The molecule has 0 bridgehead atoms. The van der Waals surface area contributed by atoms with Crippen LogP contribution in [0.25, 0.3) is 0 Å². The van der Waals surface area contributed by atoms with E-state index in [1.54, 1.807) is 18.1 Å². The molecule has 88 valence electrons. The zero-order chi connectivity index (χ0) is 12.1. The van der Waals surface area contributed by atoms with Crippen molar-refractivity contribution in [3.63, 3.8) is 0 Å². The fraction of sp³-hybridized carbons (Fsp3) is 0.500. The topological polar surface area (TPSA) is 55.0 Å². The maximum Gasteiger partial charge on any atom is 0.133 e. The first-order chi connectivity index (χ1) is 7.54. The van der Waals surface area contributed by atoms with Gasteiger partial charge in [0.25, 0.3) is 0 Å². The fourth-order valence-corrected chi connectivity index (χ4v) is 1.91. The molecule has 1 aromatic heterocycles. The minimum atomic E-state index is 0.238. The van der Waals surface area contributed by atoms with Crippen LogP contribution in [0.3, 0.4) is 0 Å². The number of nitrogens with zero attached hydrogens (tertiary/aromatic N) is 3. The summed E-state index contributed by atoms with van der Waals surface area (Å²) < 4.78 is 0. The Labute approximate surface area is 106 Å². The molecule has 2 N–H and O–H groups in total. The number of rotatable bonds is 5. The van der Waals surface area contributed by atoms with Gasteiger partial charge in [-0.05, 0) is 13.2 Å². The van der Waals surface area contributed by atoms with Gasteiger partial charge in [-0.1, -0.05) is 12.2 Å². The average Bonchev–Trinajstić information content (AvgIpc) is 2.27. The SMILES string of the molecule is CSc1cc(N(C)C(C)CC(N)=S)ncn1. The summed E-state index contributed by atoms with van der Waals surface area (Å²) in [5.74, 6) is 0.892. The second-order valence-electron chi connectivity index (χ2n) is 3.55. The summed E-state index contributed by atoms with van der Waals surface area (Å²) in [6.07, 6.45) is 4.25. The van der Waals surface area contributed by atoms with Gasteiger partial charge in [-0.2, -0.15) is 0 Å². The zero-order valence-electron chi connectivity index (χ0n) is 9.67. The monoisotopic (exact) mass is 256 g/mol. The van der Waals surface area contributed by atoms with Crippen LogP contribution in [0.1, 0.15) is 13.3 Å². The highest BCUT2D eigenvalue weighted by Crippen LogP contribution is 2.18. The van der Waals surface area contributed by atoms with Crippen molar-refractivity contribution in [2.45, 2.75) is 24.4 Å². The first-order valence-electron chi connectivity index (χ1n) is 4.91. The van der Waals surface area contributed by atoms with Crippen molar-refractivity contribution in [2.24, 2.45) is 5.73 Å². The third-order valence-corrected chi connectivity index (χ3v) is 3.16. The Morgan fingerprint density at radius 1 is 1.62 bits per heavy atom. The molecule has 0 aromatic carbocycles. The Kier molecular flexibility index (Phi) is 4.95. The maximum absolute atomic E-state index is 5.53. The molecule has 0 aliphatic rings. The molecule has 0 amide bonds. The van der Waals surface area contributed by atoms with Gasteiger partial charge in [0, 0.05) is 25.6 Å². The van der Waals surface area contributed by atoms with E-state index in [0.29, 0.717) is 11.4 Å². The van der Waals surface area contributed by atoms with Crippen molar-refractivity contribution >= 4 is 34.8 Å². The van der Waals surface area contributed by atoms with E-state index < -0.39 is 0 Å². The van der Waals surface area contributed by atoms with Crippen LogP contribution in [0.5, 0.6) is 0 Å². The molecule has 0 fully saturated rings. The van der Waals surface area contributed by atoms with Gasteiger partial charge < -0.3 is 10.6 Å². The lowest BCUT2D eigenvalue weighted by molar-refractivity contribution is 0.702. The van der Waals surface area contributed by atoms with Crippen molar-refractivity contribution in [3.8, 4) is 0 Å². The highest BCUT2D eigenvalue weighted by atomic mass is 32.2. The number of nitrogens with two attached hydrogens (primary N) is 1. The summed E-state index contributed by atoms with van der Waals surface area (Å²) in [4.78, 5) is 11.0. The van der Waals surface area contributed by atoms with E-state index in [-0.39, 0.29) is 6.04 Å². The highest BCUT2D eigenvalue weighted by Gasteiger charge is 2.12. The van der Waals surface area contributed by atoms with E-state index in [9.17, 15) is 0 Å². The molecule has 0 spiro atoms. The standard InChI is InChI=1S/C10H16N4S2/c1-7(4-8(11)15)14(2)9-5-10(16-3)13-6-12-9/h5-7H,4H2,1-3H3,(H2,11,15). The molecule has 0 saturated heterocycles. The van der Waals surface area contributed by atoms with E-state index >= 15 is 0 Å². The molecule has 0 saturated carbocycles. The lowest BCUT2D eigenvalue weighted by Crippen LogP contribution is -2.33. The minimum absolute atomic E-state index is 0.238. The number of thioether (sulfide) groups is 1. The number of anilines is 1. The van der Waals surface area contributed by atoms with Gasteiger partial charge >= 0.3 is 0 Å². The van der Waals surface area contributed by atoms with Gasteiger partial charge in [0.1, 0.15) is 17.2 Å². The Hall–Kier alpha value is -0.880. The summed E-state index contributed by atoms with van der Waals surface area (Å²) >= 11 is 6.50. The van der Waals surface area contributed by atoms with Crippen molar-refractivity contribution in [2.75, 3.05) is 18.2 Å². The predicted molar refractivity (Wildman–Crippen MR) is 73.1 cm³/mol. The Bertz CT molecular complexity index is 370. The van der Waals surface area contributed by atoms with E-state index in [2.05, 4.69) is 21.8 Å². The zero-order valence-corrected chi connectivity index (χ0v) is 11.3. The molecular weight excluding hydrogens is 240 g/mol. The summed E-state index contributed by atoms with van der Waals surface area (Å²) in [7, 11) is 1.98. The van der Waals surface area contributed by atoms with Crippen molar-refractivity contribution in [1.29, 1.82) is 0 Å². The van der Waals surface area contributed by atoms with Crippen LogP contribution in [-0.4, -0.2) is 34.3 Å². The van der Waals surface area contributed by atoms with Gasteiger partial charge in [0.2, 0.25) is 0 Å². The third kappa shape index (κ3) is 3.61. The second kappa shape index (κ2) is 6.00. The quantitative estimate of drug-likeness (QED) is 0.491. The molecule has 0 aliphatic heterocycles. The number of hydrogen-bond acceptors (Lipinski definition) is 5. The molecule has 6 heteroatoms. The van der Waals surface area contributed by atoms with Crippen molar-refractivity contribution in [1.82, 2.24) is 9.97 Å². The lowest BCUT2D eigenvalue weighted by Gasteiger charge is -2.25. The van der Waals surface area contributed by atoms with Crippen LogP contribution >= 0.6 is 24.0 Å². The molecule has 1 rings (SSSR count). The summed E-state index contributed by atoms with van der Waals surface area (Å²) in [6, 6.07) is 2.20. The van der Waals surface area contributed by atoms with Crippen molar-refractivity contribution in [3.05, 3.63) is 12.4 Å². The van der Waals surface area contributed by atoms with Gasteiger partial charge in [-0.15, -0.1) is 11.8 Å². The van der Waals surface area contributed by atoms with Crippen LogP contribution in [0.15, 0.2) is 17.4 Å². The molecule has 1 aromatic rings. The van der Waals surface area contributed by atoms with Crippen LogP contribution in [0.2, 0.25) is 0 Å². The lowest BCUT2D eigenvalue weighted by atomic mass is 10.2. The van der Waals surface area contributed by atoms with Crippen LogP contribution in [0.4, 0.5) is 5.82 Å². The molecule has 4 nitrogen and oxygen atoms in total. The predicted octanol–water partition coefficient (Wildman–Crippen LogP) is 1.70. The molecular formula is C10H16N4S2. The fourth-order valence-electron chi connectivity index (χ4n) is 1.29. The molecule has 1 atom stereocenters. The second-order valence-corrected chi connectivity index (χ2v) is 4.90. The Morgan fingerprint density at radius 3 is 2.88 bits per heavy atom. The van der Waals surface area contributed by atoms with Gasteiger partial charge in [0.15, 0.2) is 0 Å². The third-order valence-electron chi connectivity index (χ3n) is 2.36. The van der Waals surface area contributed by atoms with Crippen LogP contribution < -0.4 is 10.6 Å². The number of thiocarbonyl (C=S) groups is 1. The molecule has 16 heavy (non-hydrogen) atoms. The Balaban J connectivity index is 2.78. The number of hydrogen-bond donors (Lipinski definition) is 1. The van der Waals surface area contributed by atoms with Gasteiger partial charge in [-0.25, -0.2) is 9.97 Å². The molecule has 1 heterocycles. The normalized spacial score (nSPS) is 12.2. The summed E-state index contributed by atoms with van der Waals surface area (Å²) in [5, 5.41) is 0.958. The minimum Gasteiger partial charge on any atom is -0.393 e. The van der Waals surface area contributed by atoms with E-state index in [1.165, 1.54) is 0 Å². The van der Waals surface area contributed by atoms with E-state index in [4.69, 9.17) is 18.0 Å². The first kappa shape index (κ1) is 13.2. The summed E-state index contributed by atoms with van der Waals surface area (Å²) in [5.41, 5.74) is 5.53. The average molecular weight is 256 g/mol. The molecule has 1 unspecified atom stereocenters. The summed E-state index contributed by atoms with van der Waals surface area (Å²) in [6.45, 7) is 2.07. The molecule has 0 aliphatic carbocycles. The van der Waals surface area contributed by atoms with Gasteiger partial charge in [-0.3, -0.25) is 0 Å². The van der Waals surface area contributed by atoms with Gasteiger partial charge in [0.05, 0.1) is 4.99 Å². The van der Waals surface area contributed by atoms with Crippen LogP contribution in [-0.2, 0) is 0 Å².